The topological polar surface area (TPSA) is 29.1 Å². The number of benzene rings is 2. The van der Waals surface area contributed by atoms with E-state index in [9.17, 15) is 13.6 Å². The number of hydrogen-bond donors (Lipinski definition) is 2. The normalized spacial score (nSPS) is 10.4. The SMILES string of the molecule is Cc1ccc(S)cc1C(=O)Nc1c(F)cc(Br)cc1F. The summed E-state index contributed by atoms with van der Waals surface area (Å²) in [4.78, 5) is 12.7. The Morgan fingerprint density at radius 1 is 1.20 bits per heavy atom. The van der Waals surface area contributed by atoms with Crippen LogP contribution in [0.5, 0.6) is 0 Å². The standard InChI is InChI=1S/C14H10BrF2NOS/c1-7-2-3-9(20)6-10(7)14(19)18-13-11(16)4-8(15)5-12(13)17/h2-6,20H,1H3,(H,18,19). The summed E-state index contributed by atoms with van der Waals surface area (Å²) in [7, 11) is 0. The molecule has 0 saturated heterocycles. The number of aryl methyl sites for hydroxylation is 1. The van der Waals surface area contributed by atoms with Gasteiger partial charge in [0.15, 0.2) is 11.6 Å². The van der Waals surface area contributed by atoms with Gasteiger partial charge in [-0.3, -0.25) is 4.79 Å². The predicted octanol–water partition coefficient (Wildman–Crippen LogP) is 4.58. The van der Waals surface area contributed by atoms with Gasteiger partial charge in [0, 0.05) is 14.9 Å². The fourth-order valence-corrected chi connectivity index (χ4v) is 2.30. The fourth-order valence-electron chi connectivity index (χ4n) is 1.70. The minimum atomic E-state index is -0.843. The Hall–Kier alpha value is -1.40. The average molecular weight is 358 g/mol. The van der Waals surface area contributed by atoms with E-state index < -0.39 is 23.2 Å². The van der Waals surface area contributed by atoms with Crippen molar-refractivity contribution in [3.63, 3.8) is 0 Å². The summed E-state index contributed by atoms with van der Waals surface area (Å²) in [5.74, 6) is -2.27. The van der Waals surface area contributed by atoms with E-state index in [1.54, 1.807) is 25.1 Å². The first-order valence-electron chi connectivity index (χ1n) is 5.64. The first kappa shape index (κ1) is 15.0. The van der Waals surface area contributed by atoms with Crippen LogP contribution in [-0.2, 0) is 0 Å². The maximum atomic E-state index is 13.7. The average Bonchev–Trinajstić information content (AvgIpc) is 2.36. The highest BCUT2D eigenvalue weighted by atomic mass is 79.9. The lowest BCUT2D eigenvalue weighted by Gasteiger charge is -2.10. The molecule has 0 saturated carbocycles. The van der Waals surface area contributed by atoms with Gasteiger partial charge >= 0.3 is 0 Å². The van der Waals surface area contributed by atoms with Crippen molar-refractivity contribution in [2.75, 3.05) is 5.32 Å². The van der Waals surface area contributed by atoms with Gasteiger partial charge in [0.1, 0.15) is 5.69 Å². The molecule has 0 aliphatic carbocycles. The molecule has 6 heteroatoms. The molecule has 20 heavy (non-hydrogen) atoms. The van der Waals surface area contributed by atoms with E-state index in [2.05, 4.69) is 33.9 Å². The second kappa shape index (κ2) is 5.93. The summed E-state index contributed by atoms with van der Waals surface area (Å²) in [6, 6.07) is 7.16. The number of carbonyl (C=O) groups is 1. The van der Waals surface area contributed by atoms with Crippen LogP contribution >= 0.6 is 28.6 Å². The molecule has 2 nitrogen and oxygen atoms in total. The van der Waals surface area contributed by atoms with Crippen molar-refractivity contribution in [1.82, 2.24) is 0 Å². The van der Waals surface area contributed by atoms with Crippen LogP contribution in [-0.4, -0.2) is 5.91 Å². The lowest BCUT2D eigenvalue weighted by Crippen LogP contribution is -2.15. The number of thiol groups is 1. The predicted molar refractivity (Wildman–Crippen MR) is 80.4 cm³/mol. The van der Waals surface area contributed by atoms with Gasteiger partial charge < -0.3 is 5.32 Å². The molecule has 1 amide bonds. The quantitative estimate of drug-likeness (QED) is 0.757. The third-order valence-electron chi connectivity index (χ3n) is 2.71. The molecule has 0 fully saturated rings. The largest absolute Gasteiger partial charge is 0.317 e. The minimum absolute atomic E-state index is 0.263. The summed E-state index contributed by atoms with van der Waals surface area (Å²) in [6.45, 7) is 1.73. The highest BCUT2D eigenvalue weighted by molar-refractivity contribution is 9.10. The summed E-state index contributed by atoms with van der Waals surface area (Å²) < 4.78 is 27.6. The Kier molecular flexibility index (Phi) is 4.45. The number of nitrogens with one attached hydrogen (secondary N) is 1. The Bertz CT molecular complexity index is 668. The first-order valence-corrected chi connectivity index (χ1v) is 6.88. The van der Waals surface area contributed by atoms with Crippen LogP contribution in [0.3, 0.4) is 0 Å². The lowest BCUT2D eigenvalue weighted by atomic mass is 10.1. The van der Waals surface area contributed by atoms with E-state index in [1.165, 1.54) is 0 Å². The van der Waals surface area contributed by atoms with Crippen molar-refractivity contribution in [1.29, 1.82) is 0 Å². The zero-order chi connectivity index (χ0) is 14.9. The highest BCUT2D eigenvalue weighted by Crippen LogP contribution is 2.25. The van der Waals surface area contributed by atoms with Gasteiger partial charge in [0.2, 0.25) is 0 Å². The molecule has 0 spiro atoms. The van der Waals surface area contributed by atoms with Crippen LogP contribution in [0.4, 0.5) is 14.5 Å². The smallest absolute Gasteiger partial charge is 0.256 e. The summed E-state index contributed by atoms with van der Waals surface area (Å²) >= 11 is 7.12. The second-order valence-electron chi connectivity index (χ2n) is 4.20. The van der Waals surface area contributed by atoms with Gasteiger partial charge in [-0.1, -0.05) is 22.0 Å². The molecule has 0 atom stereocenters. The van der Waals surface area contributed by atoms with Crippen molar-refractivity contribution < 1.29 is 13.6 Å². The molecule has 2 aromatic rings. The van der Waals surface area contributed by atoms with E-state index in [1.807, 2.05) is 0 Å². The first-order chi connectivity index (χ1) is 9.38. The Labute approximate surface area is 128 Å². The Balaban J connectivity index is 2.35. The van der Waals surface area contributed by atoms with Gasteiger partial charge in [-0.2, -0.15) is 0 Å². The van der Waals surface area contributed by atoms with Crippen LogP contribution in [0.2, 0.25) is 0 Å². The Morgan fingerprint density at radius 2 is 1.80 bits per heavy atom. The molecule has 1 N–H and O–H groups in total. The highest BCUT2D eigenvalue weighted by Gasteiger charge is 2.16. The van der Waals surface area contributed by atoms with Crippen molar-refractivity contribution >= 4 is 40.2 Å². The van der Waals surface area contributed by atoms with E-state index >= 15 is 0 Å². The van der Waals surface area contributed by atoms with Crippen LogP contribution in [0.25, 0.3) is 0 Å². The van der Waals surface area contributed by atoms with Crippen LogP contribution in [0, 0.1) is 18.6 Å². The molecule has 0 radical (unpaired) electrons. The Morgan fingerprint density at radius 3 is 2.40 bits per heavy atom. The monoisotopic (exact) mass is 357 g/mol. The van der Waals surface area contributed by atoms with Gasteiger partial charge in [-0.05, 0) is 36.8 Å². The fraction of sp³-hybridized carbons (Fsp3) is 0.0714. The van der Waals surface area contributed by atoms with Crippen LogP contribution < -0.4 is 5.32 Å². The van der Waals surface area contributed by atoms with E-state index in [-0.39, 0.29) is 4.47 Å². The third-order valence-corrected chi connectivity index (χ3v) is 3.45. The number of carbonyl (C=O) groups excluding carboxylic acids is 1. The number of amides is 1. The molecule has 2 aromatic carbocycles. The van der Waals surface area contributed by atoms with Crippen LogP contribution in [0.15, 0.2) is 39.7 Å². The van der Waals surface area contributed by atoms with Crippen molar-refractivity contribution in [3.8, 4) is 0 Å². The molecule has 0 heterocycles. The van der Waals surface area contributed by atoms with Crippen molar-refractivity contribution in [3.05, 3.63) is 57.6 Å². The van der Waals surface area contributed by atoms with Crippen LogP contribution in [0.1, 0.15) is 15.9 Å². The van der Waals surface area contributed by atoms with E-state index in [0.717, 1.165) is 12.1 Å². The zero-order valence-corrected chi connectivity index (χ0v) is 12.9. The third kappa shape index (κ3) is 3.19. The molecule has 0 aromatic heterocycles. The molecule has 0 aliphatic heterocycles. The van der Waals surface area contributed by atoms with Gasteiger partial charge in [-0.15, -0.1) is 12.6 Å². The zero-order valence-electron chi connectivity index (χ0n) is 10.4. The summed E-state index contributed by atoms with van der Waals surface area (Å²) in [6.07, 6.45) is 0. The van der Waals surface area contributed by atoms with E-state index in [4.69, 9.17) is 0 Å². The van der Waals surface area contributed by atoms with Crippen molar-refractivity contribution in [2.24, 2.45) is 0 Å². The molecule has 104 valence electrons. The van der Waals surface area contributed by atoms with Gasteiger partial charge in [-0.25, -0.2) is 8.78 Å². The maximum absolute atomic E-state index is 13.7. The van der Waals surface area contributed by atoms with Gasteiger partial charge in [0.25, 0.3) is 5.91 Å². The summed E-state index contributed by atoms with van der Waals surface area (Å²) in [5.41, 5.74) is 0.541. The number of hydrogen-bond acceptors (Lipinski definition) is 2. The van der Waals surface area contributed by atoms with E-state index in [0.29, 0.717) is 16.0 Å². The molecule has 0 bridgehead atoms. The summed E-state index contributed by atoms with van der Waals surface area (Å²) in [5, 5.41) is 2.25. The number of anilines is 1. The molecular weight excluding hydrogens is 348 g/mol. The molecule has 0 unspecified atom stereocenters. The number of halogens is 3. The lowest BCUT2D eigenvalue weighted by molar-refractivity contribution is 0.102. The molecule has 2 rings (SSSR count). The number of rotatable bonds is 2. The molecular formula is C14H10BrF2NOS. The molecule has 0 aliphatic rings. The second-order valence-corrected chi connectivity index (χ2v) is 5.63. The van der Waals surface area contributed by atoms with Gasteiger partial charge in [0.05, 0.1) is 0 Å². The van der Waals surface area contributed by atoms with Crippen molar-refractivity contribution in [2.45, 2.75) is 11.8 Å². The minimum Gasteiger partial charge on any atom is -0.317 e. The maximum Gasteiger partial charge on any atom is 0.256 e.